The van der Waals surface area contributed by atoms with Crippen molar-refractivity contribution in [1.82, 2.24) is 9.80 Å². The van der Waals surface area contributed by atoms with Crippen LogP contribution in [0, 0.1) is 17.8 Å². The molecular formula is C34H48N2O5S. The van der Waals surface area contributed by atoms with E-state index < -0.39 is 28.7 Å². The van der Waals surface area contributed by atoms with Crippen LogP contribution in [0.5, 0.6) is 0 Å². The minimum Gasteiger partial charge on any atom is -0.465 e. The van der Waals surface area contributed by atoms with E-state index in [0.29, 0.717) is 26.1 Å². The minimum absolute atomic E-state index is 0.0503. The third-order valence-corrected chi connectivity index (χ3v) is 11.4. The van der Waals surface area contributed by atoms with Gasteiger partial charge in [0.25, 0.3) is 0 Å². The summed E-state index contributed by atoms with van der Waals surface area (Å²) in [4.78, 5) is 46.3. The molecule has 1 spiro atoms. The highest BCUT2D eigenvalue weighted by Gasteiger charge is 2.77. The number of benzene rings is 1. The van der Waals surface area contributed by atoms with Gasteiger partial charge in [0.1, 0.15) is 6.04 Å². The second-order valence-electron chi connectivity index (χ2n) is 12.1. The fourth-order valence-electron chi connectivity index (χ4n) is 7.37. The quantitative estimate of drug-likeness (QED) is 0.154. The number of unbranched alkanes of at least 4 members (excludes halogenated alkanes) is 4. The lowest BCUT2D eigenvalue weighted by Crippen LogP contribution is -2.59. The Balaban J connectivity index is 1.71. The fourth-order valence-corrected chi connectivity index (χ4v) is 9.76. The van der Waals surface area contributed by atoms with Crippen molar-refractivity contribution in [2.75, 3.05) is 26.3 Å². The number of rotatable bonds is 17. The number of amides is 2. The summed E-state index contributed by atoms with van der Waals surface area (Å²) in [5, 5.41) is 10.6. The van der Waals surface area contributed by atoms with E-state index in [9.17, 15) is 19.5 Å². The largest absolute Gasteiger partial charge is 0.465 e. The van der Waals surface area contributed by atoms with Crippen molar-refractivity contribution in [3.05, 3.63) is 61.2 Å². The average Bonchev–Trinajstić information content (AvgIpc) is 3.59. The first kappa shape index (κ1) is 32.3. The summed E-state index contributed by atoms with van der Waals surface area (Å²) >= 11 is 1.65. The van der Waals surface area contributed by atoms with Gasteiger partial charge in [0.15, 0.2) is 0 Å². The van der Waals surface area contributed by atoms with Gasteiger partial charge in [-0.25, -0.2) is 0 Å². The molecule has 0 saturated carbocycles. The van der Waals surface area contributed by atoms with E-state index in [1.54, 1.807) is 22.7 Å². The fraction of sp³-hybridized carbons (Fsp3) is 0.618. The van der Waals surface area contributed by atoms with Crippen molar-refractivity contribution in [3.8, 4) is 0 Å². The summed E-state index contributed by atoms with van der Waals surface area (Å²) in [5.74, 6) is -1.84. The zero-order valence-electron chi connectivity index (χ0n) is 25.3. The summed E-state index contributed by atoms with van der Waals surface area (Å²) in [5.41, 5.74) is 0.983. The van der Waals surface area contributed by atoms with Crippen LogP contribution in [-0.2, 0) is 25.5 Å². The first-order valence-corrected chi connectivity index (χ1v) is 16.6. The number of aliphatic hydroxyl groups excluding tert-OH is 1. The molecule has 3 heterocycles. The molecule has 1 N–H and O–H groups in total. The van der Waals surface area contributed by atoms with Crippen LogP contribution in [0.25, 0.3) is 0 Å². The van der Waals surface area contributed by atoms with Crippen molar-refractivity contribution in [1.29, 1.82) is 0 Å². The Morgan fingerprint density at radius 2 is 1.95 bits per heavy atom. The molecule has 0 radical (unpaired) electrons. The lowest BCUT2D eigenvalue weighted by molar-refractivity contribution is -0.155. The number of fused-ring (bicyclic) bond motifs is 1. The monoisotopic (exact) mass is 596 g/mol. The van der Waals surface area contributed by atoms with Crippen LogP contribution in [-0.4, -0.2) is 81.1 Å². The van der Waals surface area contributed by atoms with E-state index in [2.05, 4.69) is 27.0 Å². The van der Waals surface area contributed by atoms with Crippen LogP contribution in [0.15, 0.2) is 55.6 Å². The number of thioether (sulfide) groups is 1. The number of hydrogen-bond acceptors (Lipinski definition) is 6. The molecule has 0 aromatic heterocycles. The number of allylic oxidation sites excluding steroid dienone is 1. The van der Waals surface area contributed by atoms with Gasteiger partial charge in [-0.3, -0.25) is 14.4 Å². The molecule has 3 aliphatic heterocycles. The molecular weight excluding hydrogens is 548 g/mol. The zero-order chi connectivity index (χ0) is 30.3. The maximum absolute atomic E-state index is 14.6. The van der Waals surface area contributed by atoms with Gasteiger partial charge >= 0.3 is 5.97 Å². The number of ether oxygens (including phenoxy) is 1. The second kappa shape index (κ2) is 14.7. The summed E-state index contributed by atoms with van der Waals surface area (Å²) in [6.07, 6.45) is 10.2. The maximum Gasteiger partial charge on any atom is 0.310 e. The van der Waals surface area contributed by atoms with Crippen LogP contribution in [0.1, 0.15) is 64.4 Å². The van der Waals surface area contributed by atoms with Gasteiger partial charge in [-0.05, 0) is 50.0 Å². The van der Waals surface area contributed by atoms with E-state index in [1.807, 2.05) is 41.3 Å². The van der Waals surface area contributed by atoms with Crippen LogP contribution in [0.2, 0.25) is 0 Å². The maximum atomic E-state index is 14.6. The summed E-state index contributed by atoms with van der Waals surface area (Å²) in [6.45, 7) is 12.9. The number of nitrogens with zero attached hydrogens (tertiary/aromatic N) is 2. The minimum atomic E-state index is -0.771. The molecule has 230 valence electrons. The first-order chi connectivity index (χ1) is 20.3. The van der Waals surface area contributed by atoms with Crippen LogP contribution in [0.3, 0.4) is 0 Å². The Hall–Kier alpha value is -2.58. The van der Waals surface area contributed by atoms with Crippen molar-refractivity contribution in [2.45, 2.75) is 87.3 Å². The predicted molar refractivity (Wildman–Crippen MR) is 168 cm³/mol. The van der Waals surface area contributed by atoms with E-state index in [-0.39, 0.29) is 35.6 Å². The molecule has 42 heavy (non-hydrogen) atoms. The highest BCUT2D eigenvalue weighted by Crippen LogP contribution is 2.69. The molecule has 3 fully saturated rings. The van der Waals surface area contributed by atoms with E-state index in [0.717, 1.165) is 50.5 Å². The number of carbonyl (C=O) groups is 3. The lowest BCUT2D eigenvalue weighted by Gasteiger charge is -2.42. The smallest absolute Gasteiger partial charge is 0.310 e. The van der Waals surface area contributed by atoms with Crippen LogP contribution in [0.4, 0.5) is 0 Å². The molecule has 4 rings (SSSR count). The number of carbonyl (C=O) groups excluding carboxylic acids is 3. The summed E-state index contributed by atoms with van der Waals surface area (Å²) in [7, 11) is 0. The highest BCUT2D eigenvalue weighted by molar-refractivity contribution is 8.02. The Bertz CT molecular complexity index is 1110. The van der Waals surface area contributed by atoms with Crippen molar-refractivity contribution < 1.29 is 24.2 Å². The molecule has 0 aliphatic carbocycles. The highest BCUT2D eigenvalue weighted by atomic mass is 32.2. The Kier molecular flexibility index (Phi) is 11.3. The Labute approximate surface area is 255 Å². The van der Waals surface area contributed by atoms with Gasteiger partial charge in [-0.15, -0.1) is 24.9 Å². The SMILES string of the molecule is C=CCCCCOC(=O)[C@@H]1[C@@H]2CC(C)C3(S2)C(C(=O)N(CC=C)CCCCC)N([C@@H](CO)Cc2ccccc2)C(=O)[C@H]13. The summed E-state index contributed by atoms with van der Waals surface area (Å²) < 4.78 is 5.01. The third kappa shape index (κ3) is 6.21. The van der Waals surface area contributed by atoms with Crippen LogP contribution >= 0.6 is 11.8 Å². The van der Waals surface area contributed by atoms with Crippen LogP contribution < -0.4 is 0 Å². The Morgan fingerprint density at radius 1 is 1.19 bits per heavy atom. The van der Waals surface area contributed by atoms with Crippen molar-refractivity contribution in [3.63, 3.8) is 0 Å². The molecule has 8 heteroatoms. The number of hydrogen-bond donors (Lipinski definition) is 1. The first-order valence-electron chi connectivity index (χ1n) is 15.7. The average molecular weight is 597 g/mol. The second-order valence-corrected chi connectivity index (χ2v) is 13.6. The molecule has 1 aromatic rings. The molecule has 1 aromatic carbocycles. The topological polar surface area (TPSA) is 87.2 Å². The molecule has 3 saturated heterocycles. The normalized spacial score (nSPS) is 28.4. The van der Waals surface area contributed by atoms with Gasteiger partial charge in [0, 0.05) is 18.3 Å². The standard InChI is InChI=1S/C34H48N2O5S/c1-5-8-10-15-20-41-33(40)28-27-21-24(4)34(42-27)29(28)31(38)36(26(23-37)22-25-16-12-11-13-17-25)30(34)32(39)35(18-7-3)19-14-9-6-2/h5,7,11-13,16-17,24,26-30,37H,1,3,6,8-10,14-15,18-23H2,2,4H3/t24?,26-,27+,28-,29+,30?,34?/m1/s1. The van der Waals surface area contributed by atoms with Gasteiger partial charge in [0.05, 0.1) is 35.8 Å². The zero-order valence-corrected chi connectivity index (χ0v) is 26.1. The molecule has 2 bridgehead atoms. The van der Waals surface area contributed by atoms with E-state index in [1.165, 1.54) is 0 Å². The molecule has 7 nitrogen and oxygen atoms in total. The predicted octanol–water partition coefficient (Wildman–Crippen LogP) is 5.03. The third-order valence-electron chi connectivity index (χ3n) is 9.35. The number of likely N-dealkylation sites (tertiary alicyclic amines) is 1. The molecule has 7 atom stereocenters. The molecule has 2 amide bonds. The van der Waals surface area contributed by atoms with Crippen molar-refractivity contribution in [2.24, 2.45) is 17.8 Å². The Morgan fingerprint density at radius 3 is 2.62 bits per heavy atom. The number of aliphatic hydroxyl groups is 1. The van der Waals surface area contributed by atoms with E-state index >= 15 is 0 Å². The van der Waals surface area contributed by atoms with Gasteiger partial charge in [-0.1, -0.05) is 69.2 Å². The summed E-state index contributed by atoms with van der Waals surface area (Å²) in [6, 6.07) is 8.40. The van der Waals surface area contributed by atoms with Gasteiger partial charge in [-0.2, -0.15) is 0 Å². The molecule has 3 aliphatic rings. The van der Waals surface area contributed by atoms with Gasteiger partial charge < -0.3 is 19.6 Å². The van der Waals surface area contributed by atoms with E-state index in [4.69, 9.17) is 4.74 Å². The van der Waals surface area contributed by atoms with Crippen molar-refractivity contribution >= 4 is 29.5 Å². The lowest BCUT2D eigenvalue weighted by atomic mass is 9.66. The molecule has 3 unspecified atom stereocenters. The number of esters is 1. The van der Waals surface area contributed by atoms with Gasteiger partial charge in [0.2, 0.25) is 11.8 Å².